The Morgan fingerprint density at radius 1 is 1.38 bits per heavy atom. The molecule has 0 aliphatic heterocycles. The zero-order valence-electron chi connectivity index (χ0n) is 12.4. The van der Waals surface area contributed by atoms with Crippen molar-refractivity contribution in [2.24, 2.45) is 5.92 Å². The molecule has 21 heavy (non-hydrogen) atoms. The summed E-state index contributed by atoms with van der Waals surface area (Å²) < 4.78 is 0. The lowest BCUT2D eigenvalue weighted by Gasteiger charge is -2.28. The third kappa shape index (κ3) is 4.78. The van der Waals surface area contributed by atoms with Crippen LogP contribution >= 0.6 is 11.6 Å². The molecular formula is C17H22ClNO2. The first-order valence-electron chi connectivity index (χ1n) is 7.48. The fourth-order valence-electron chi connectivity index (χ4n) is 2.91. The van der Waals surface area contributed by atoms with Gasteiger partial charge in [-0.05, 0) is 42.5 Å². The second-order valence-corrected chi connectivity index (χ2v) is 6.17. The molecule has 0 spiro atoms. The average Bonchev–Trinajstić information content (AvgIpc) is 2.46. The standard InChI is InChI=1S/C17H22ClNO2/c1-19(12-13-5-3-2-4-6-13)15-9-7-14(16(18)11-15)8-10-17(20)21/h7-11,13H,2-6,12H2,1H3,(H,20,21)/b10-8+. The number of anilines is 1. The first kappa shape index (κ1) is 15.9. The molecule has 2 rings (SSSR count). The molecule has 1 aliphatic carbocycles. The van der Waals surface area contributed by atoms with Crippen LogP contribution in [0.15, 0.2) is 24.3 Å². The minimum Gasteiger partial charge on any atom is -0.478 e. The van der Waals surface area contributed by atoms with Crippen LogP contribution in [0.25, 0.3) is 6.08 Å². The van der Waals surface area contributed by atoms with Gasteiger partial charge in [-0.1, -0.05) is 36.9 Å². The average molecular weight is 308 g/mol. The number of aliphatic carboxylic acids is 1. The fraction of sp³-hybridized carbons (Fsp3) is 0.471. The maximum Gasteiger partial charge on any atom is 0.328 e. The van der Waals surface area contributed by atoms with Crippen LogP contribution in [0.1, 0.15) is 37.7 Å². The van der Waals surface area contributed by atoms with Gasteiger partial charge in [-0.3, -0.25) is 0 Å². The van der Waals surface area contributed by atoms with Crippen molar-refractivity contribution in [2.45, 2.75) is 32.1 Å². The number of benzene rings is 1. The van der Waals surface area contributed by atoms with Gasteiger partial charge in [0.2, 0.25) is 0 Å². The molecular weight excluding hydrogens is 286 g/mol. The van der Waals surface area contributed by atoms with Crippen LogP contribution < -0.4 is 4.90 Å². The van der Waals surface area contributed by atoms with E-state index in [2.05, 4.69) is 11.9 Å². The Bertz CT molecular complexity index is 522. The van der Waals surface area contributed by atoms with E-state index in [1.165, 1.54) is 38.2 Å². The lowest BCUT2D eigenvalue weighted by atomic mass is 9.89. The summed E-state index contributed by atoms with van der Waals surface area (Å²) in [5.41, 5.74) is 1.81. The third-order valence-electron chi connectivity index (χ3n) is 4.09. The van der Waals surface area contributed by atoms with Crippen LogP contribution in [0.3, 0.4) is 0 Å². The van der Waals surface area contributed by atoms with E-state index in [0.29, 0.717) is 5.02 Å². The van der Waals surface area contributed by atoms with E-state index < -0.39 is 5.97 Å². The van der Waals surface area contributed by atoms with Gasteiger partial charge < -0.3 is 10.0 Å². The predicted molar refractivity (Wildman–Crippen MR) is 88.0 cm³/mol. The van der Waals surface area contributed by atoms with E-state index in [-0.39, 0.29) is 0 Å². The molecule has 3 nitrogen and oxygen atoms in total. The Morgan fingerprint density at radius 2 is 2.10 bits per heavy atom. The molecule has 1 aliphatic rings. The van der Waals surface area contributed by atoms with Crippen molar-refractivity contribution in [3.63, 3.8) is 0 Å². The molecule has 4 heteroatoms. The van der Waals surface area contributed by atoms with Gasteiger partial charge >= 0.3 is 5.97 Å². The minimum atomic E-state index is -0.968. The SMILES string of the molecule is CN(CC1CCCCC1)c1ccc(/C=C/C(=O)O)c(Cl)c1. The highest BCUT2D eigenvalue weighted by Crippen LogP contribution is 2.28. The quantitative estimate of drug-likeness (QED) is 0.817. The van der Waals surface area contributed by atoms with Gasteiger partial charge in [0.1, 0.15) is 0 Å². The van der Waals surface area contributed by atoms with Crippen molar-refractivity contribution < 1.29 is 9.90 Å². The predicted octanol–water partition coefficient (Wildman–Crippen LogP) is 4.45. The Balaban J connectivity index is 2.02. The number of carbonyl (C=O) groups is 1. The van der Waals surface area contributed by atoms with Gasteiger partial charge in [0.15, 0.2) is 0 Å². The Labute approximate surface area is 131 Å². The molecule has 0 saturated heterocycles. The van der Waals surface area contributed by atoms with Gasteiger partial charge in [-0.25, -0.2) is 4.79 Å². The van der Waals surface area contributed by atoms with Crippen LogP contribution in [-0.4, -0.2) is 24.7 Å². The first-order chi connectivity index (χ1) is 10.1. The van der Waals surface area contributed by atoms with Crippen molar-refractivity contribution >= 4 is 29.3 Å². The lowest BCUT2D eigenvalue weighted by Crippen LogP contribution is -2.26. The summed E-state index contributed by atoms with van der Waals surface area (Å²) in [6.07, 6.45) is 9.32. The number of nitrogens with zero attached hydrogens (tertiary/aromatic N) is 1. The smallest absolute Gasteiger partial charge is 0.328 e. The molecule has 0 radical (unpaired) electrons. The molecule has 0 bridgehead atoms. The Morgan fingerprint density at radius 3 is 2.71 bits per heavy atom. The van der Waals surface area contributed by atoms with Crippen LogP contribution in [0.4, 0.5) is 5.69 Å². The third-order valence-corrected chi connectivity index (χ3v) is 4.41. The van der Waals surface area contributed by atoms with Crippen LogP contribution in [-0.2, 0) is 4.79 Å². The topological polar surface area (TPSA) is 40.5 Å². The minimum absolute atomic E-state index is 0.584. The summed E-state index contributed by atoms with van der Waals surface area (Å²) in [6, 6.07) is 5.77. The number of hydrogen-bond acceptors (Lipinski definition) is 2. The highest BCUT2D eigenvalue weighted by molar-refractivity contribution is 6.32. The largest absolute Gasteiger partial charge is 0.478 e. The number of carboxylic acid groups (broad SMARTS) is 1. The summed E-state index contributed by atoms with van der Waals surface area (Å²) in [4.78, 5) is 12.8. The van der Waals surface area contributed by atoms with E-state index in [1.807, 2.05) is 18.2 Å². The van der Waals surface area contributed by atoms with E-state index in [9.17, 15) is 4.79 Å². The monoisotopic (exact) mass is 307 g/mol. The molecule has 0 aromatic heterocycles. The maximum atomic E-state index is 10.5. The van der Waals surface area contributed by atoms with E-state index in [0.717, 1.165) is 29.8 Å². The summed E-state index contributed by atoms with van der Waals surface area (Å²) in [7, 11) is 2.09. The molecule has 0 atom stereocenters. The number of hydrogen-bond donors (Lipinski definition) is 1. The fourth-order valence-corrected chi connectivity index (χ4v) is 3.15. The summed E-state index contributed by atoms with van der Waals surface area (Å²) >= 11 is 6.23. The number of rotatable bonds is 5. The molecule has 0 heterocycles. The highest BCUT2D eigenvalue weighted by Gasteiger charge is 2.16. The van der Waals surface area contributed by atoms with Crippen molar-refractivity contribution in [1.29, 1.82) is 0 Å². The number of halogens is 1. The van der Waals surface area contributed by atoms with Crippen molar-refractivity contribution in [3.8, 4) is 0 Å². The number of carboxylic acids is 1. The Kier molecular flexibility index (Phi) is 5.68. The van der Waals surface area contributed by atoms with Crippen molar-refractivity contribution in [1.82, 2.24) is 0 Å². The second kappa shape index (κ2) is 7.51. The summed E-state index contributed by atoms with van der Waals surface area (Å²) in [6.45, 7) is 1.06. The summed E-state index contributed by atoms with van der Waals surface area (Å²) in [5.74, 6) is -0.196. The van der Waals surface area contributed by atoms with Gasteiger partial charge in [0.25, 0.3) is 0 Å². The second-order valence-electron chi connectivity index (χ2n) is 5.76. The zero-order chi connectivity index (χ0) is 15.2. The van der Waals surface area contributed by atoms with Crippen molar-refractivity contribution in [3.05, 3.63) is 34.9 Å². The van der Waals surface area contributed by atoms with Gasteiger partial charge in [0.05, 0.1) is 0 Å². The van der Waals surface area contributed by atoms with E-state index in [1.54, 1.807) is 0 Å². The van der Waals surface area contributed by atoms with E-state index >= 15 is 0 Å². The molecule has 114 valence electrons. The van der Waals surface area contributed by atoms with Gasteiger partial charge in [-0.15, -0.1) is 0 Å². The molecule has 1 saturated carbocycles. The van der Waals surface area contributed by atoms with Crippen molar-refractivity contribution in [2.75, 3.05) is 18.5 Å². The molecule has 0 unspecified atom stereocenters. The van der Waals surface area contributed by atoms with Crippen LogP contribution in [0.2, 0.25) is 5.02 Å². The Hall–Kier alpha value is -1.48. The molecule has 1 fully saturated rings. The van der Waals surface area contributed by atoms with Gasteiger partial charge in [-0.2, -0.15) is 0 Å². The summed E-state index contributed by atoms with van der Waals surface area (Å²) in [5, 5.41) is 9.24. The van der Waals surface area contributed by atoms with Crippen LogP contribution in [0, 0.1) is 5.92 Å². The highest BCUT2D eigenvalue weighted by atomic mass is 35.5. The van der Waals surface area contributed by atoms with E-state index in [4.69, 9.17) is 16.7 Å². The maximum absolute atomic E-state index is 10.5. The molecule has 1 aromatic rings. The van der Waals surface area contributed by atoms with Crippen LogP contribution in [0.5, 0.6) is 0 Å². The normalized spacial score (nSPS) is 16.3. The van der Waals surface area contributed by atoms with Gasteiger partial charge in [0, 0.05) is 30.4 Å². The molecule has 0 amide bonds. The first-order valence-corrected chi connectivity index (χ1v) is 7.86. The lowest BCUT2D eigenvalue weighted by molar-refractivity contribution is -0.131. The zero-order valence-corrected chi connectivity index (χ0v) is 13.1. The molecule has 1 aromatic carbocycles. The molecule has 1 N–H and O–H groups in total.